The molecule has 33 heavy (non-hydrogen) atoms. The van der Waals surface area contributed by atoms with Crippen molar-refractivity contribution >= 4 is 34.2 Å². The van der Waals surface area contributed by atoms with E-state index in [4.69, 9.17) is 10.3 Å². The van der Waals surface area contributed by atoms with Crippen molar-refractivity contribution in [3.05, 3.63) is 66.0 Å². The van der Waals surface area contributed by atoms with E-state index < -0.39 is 24.0 Å². The number of anilines is 3. The number of nitrogen functional groups attached to an aromatic ring is 1. The highest BCUT2D eigenvalue weighted by Gasteiger charge is 2.31. The summed E-state index contributed by atoms with van der Waals surface area (Å²) in [5.41, 5.74) is 7.99. The molecule has 0 unspecified atom stereocenters. The highest BCUT2D eigenvalue weighted by molar-refractivity contribution is 6.02. The van der Waals surface area contributed by atoms with Crippen molar-refractivity contribution in [1.82, 2.24) is 5.16 Å². The van der Waals surface area contributed by atoms with Gasteiger partial charge in [-0.1, -0.05) is 23.4 Å². The monoisotopic (exact) mass is 460 g/mol. The number of aryl methyl sites for hydroxylation is 1. The van der Waals surface area contributed by atoms with Crippen LogP contribution in [-0.2, 0) is 0 Å². The normalized spacial score (nSPS) is 11.4. The van der Waals surface area contributed by atoms with Gasteiger partial charge in [0.15, 0.2) is 11.4 Å². The number of aromatic nitrogens is 1. The highest BCUT2D eigenvalue weighted by atomic mass is 19.4. The van der Waals surface area contributed by atoms with Crippen LogP contribution in [0.15, 0.2) is 59.1 Å². The molecule has 11 heteroatoms. The van der Waals surface area contributed by atoms with Gasteiger partial charge in [-0.2, -0.15) is 0 Å². The average Bonchev–Trinajstić information content (AvgIpc) is 3.11. The summed E-state index contributed by atoms with van der Waals surface area (Å²) in [5.74, 6) is -1.07. The molecule has 7 nitrogen and oxygen atoms in total. The van der Waals surface area contributed by atoms with Crippen molar-refractivity contribution in [1.29, 1.82) is 0 Å². The number of nitrogens with one attached hydrogen (secondary N) is 2. The van der Waals surface area contributed by atoms with Crippen LogP contribution in [0.1, 0.15) is 5.56 Å². The zero-order chi connectivity index (χ0) is 23.8. The van der Waals surface area contributed by atoms with Crippen molar-refractivity contribution < 1.29 is 31.6 Å². The van der Waals surface area contributed by atoms with E-state index in [1.165, 1.54) is 24.3 Å². The smallest absolute Gasteiger partial charge is 0.406 e. The van der Waals surface area contributed by atoms with E-state index in [9.17, 15) is 22.4 Å². The molecule has 1 heterocycles. The Kier molecular flexibility index (Phi) is 5.54. The molecule has 4 aromatic rings. The average molecular weight is 460 g/mol. The lowest BCUT2D eigenvalue weighted by molar-refractivity contribution is -0.274. The summed E-state index contributed by atoms with van der Waals surface area (Å²) in [5, 5.41) is 8.95. The second kappa shape index (κ2) is 8.34. The molecular weight excluding hydrogens is 444 g/mol. The minimum atomic E-state index is -4.87. The zero-order valence-corrected chi connectivity index (χ0v) is 17.0. The quantitative estimate of drug-likeness (QED) is 0.321. The molecule has 0 aliphatic heterocycles. The van der Waals surface area contributed by atoms with Gasteiger partial charge in [0.25, 0.3) is 0 Å². The van der Waals surface area contributed by atoms with E-state index in [1.54, 1.807) is 25.1 Å². The maximum absolute atomic E-state index is 14.8. The van der Waals surface area contributed by atoms with E-state index in [0.29, 0.717) is 27.7 Å². The van der Waals surface area contributed by atoms with Gasteiger partial charge < -0.3 is 25.6 Å². The van der Waals surface area contributed by atoms with Crippen LogP contribution in [0, 0.1) is 12.7 Å². The lowest BCUT2D eigenvalue weighted by atomic mass is 9.96. The van der Waals surface area contributed by atoms with Gasteiger partial charge >= 0.3 is 12.4 Å². The number of carbonyl (C=O) groups excluding carboxylic acids is 1. The van der Waals surface area contributed by atoms with Gasteiger partial charge in [-0.3, -0.25) is 0 Å². The second-order valence-corrected chi connectivity index (χ2v) is 7.05. The summed E-state index contributed by atoms with van der Waals surface area (Å²) in [4.78, 5) is 12.3. The van der Waals surface area contributed by atoms with Crippen LogP contribution in [0.4, 0.5) is 39.5 Å². The molecule has 3 aromatic carbocycles. The number of hydrogen-bond donors (Lipinski definition) is 3. The van der Waals surface area contributed by atoms with E-state index >= 15 is 0 Å². The number of urea groups is 1. The molecule has 0 spiro atoms. The zero-order valence-electron chi connectivity index (χ0n) is 17.0. The number of nitrogens with two attached hydrogens (primary N) is 1. The predicted octanol–water partition coefficient (Wildman–Crippen LogP) is 6.07. The number of amides is 2. The van der Waals surface area contributed by atoms with E-state index in [-0.39, 0.29) is 17.2 Å². The third-order valence-corrected chi connectivity index (χ3v) is 4.70. The van der Waals surface area contributed by atoms with Gasteiger partial charge in [-0.15, -0.1) is 13.2 Å². The Morgan fingerprint density at radius 2 is 1.82 bits per heavy atom. The Hall–Kier alpha value is -4.28. The molecule has 0 aliphatic carbocycles. The molecule has 4 N–H and O–H groups in total. The van der Waals surface area contributed by atoms with Crippen molar-refractivity contribution in [3.8, 4) is 16.9 Å². The molecule has 0 radical (unpaired) electrons. The fourth-order valence-electron chi connectivity index (χ4n) is 3.36. The standard InChI is InChI=1S/C22H16F4N4O3/c1-11-8-17(29-21(31)28-12-4-2-5-13(9-12)32-22(24,25)26)16(23)10-15(11)14-6-3-7-18-19(14)20(27)30-33-18/h2-10H,1H3,(H2,27,30)(H2,28,29,31). The molecule has 4 rings (SSSR count). The predicted molar refractivity (Wildman–Crippen MR) is 114 cm³/mol. The number of alkyl halides is 3. The molecule has 1 aromatic heterocycles. The van der Waals surface area contributed by atoms with E-state index in [0.717, 1.165) is 12.1 Å². The van der Waals surface area contributed by atoms with E-state index in [1.807, 2.05) is 0 Å². The van der Waals surface area contributed by atoms with Crippen molar-refractivity contribution in [3.63, 3.8) is 0 Å². The Bertz CT molecular complexity index is 1350. The fourth-order valence-corrected chi connectivity index (χ4v) is 3.36. The fraction of sp³-hybridized carbons (Fsp3) is 0.0909. The van der Waals surface area contributed by atoms with Crippen LogP contribution in [0.25, 0.3) is 22.1 Å². The van der Waals surface area contributed by atoms with Crippen molar-refractivity contribution in [2.24, 2.45) is 0 Å². The number of halogens is 4. The van der Waals surface area contributed by atoms with Gasteiger partial charge in [-0.05, 0) is 53.9 Å². The third kappa shape index (κ3) is 4.81. The minimum absolute atomic E-state index is 0.0256. The molecule has 0 saturated carbocycles. The van der Waals surface area contributed by atoms with Crippen LogP contribution in [0.2, 0.25) is 0 Å². The maximum atomic E-state index is 14.8. The van der Waals surface area contributed by atoms with Crippen LogP contribution >= 0.6 is 0 Å². The first kappa shape index (κ1) is 21.9. The lowest BCUT2D eigenvalue weighted by Crippen LogP contribution is -2.21. The Morgan fingerprint density at radius 3 is 2.58 bits per heavy atom. The SMILES string of the molecule is Cc1cc(NC(=O)Nc2cccc(OC(F)(F)F)c2)c(F)cc1-c1cccc2onc(N)c12. The highest BCUT2D eigenvalue weighted by Crippen LogP contribution is 2.36. The van der Waals surface area contributed by atoms with Crippen molar-refractivity contribution in [2.45, 2.75) is 13.3 Å². The maximum Gasteiger partial charge on any atom is 0.573 e. The molecule has 0 atom stereocenters. The van der Waals surface area contributed by atoms with E-state index in [2.05, 4.69) is 20.5 Å². The number of nitrogens with zero attached hydrogens (tertiary/aromatic N) is 1. The second-order valence-electron chi connectivity index (χ2n) is 7.05. The summed E-state index contributed by atoms with van der Waals surface area (Å²) in [6.45, 7) is 1.72. The number of fused-ring (bicyclic) bond motifs is 1. The third-order valence-electron chi connectivity index (χ3n) is 4.70. The summed E-state index contributed by atoms with van der Waals surface area (Å²) in [6.07, 6.45) is -4.87. The summed E-state index contributed by atoms with van der Waals surface area (Å²) < 4.78 is 60.9. The summed E-state index contributed by atoms with van der Waals surface area (Å²) in [6, 6.07) is 11.7. The molecule has 2 amide bonds. The van der Waals surface area contributed by atoms with Gasteiger partial charge in [0.2, 0.25) is 0 Å². The molecule has 0 bridgehead atoms. The minimum Gasteiger partial charge on any atom is -0.406 e. The van der Waals surface area contributed by atoms with Crippen molar-refractivity contribution in [2.75, 3.05) is 16.4 Å². The molecule has 0 saturated heterocycles. The first-order valence-corrected chi connectivity index (χ1v) is 9.49. The number of benzene rings is 3. The van der Waals surface area contributed by atoms with Gasteiger partial charge in [-0.25, -0.2) is 9.18 Å². The molecule has 170 valence electrons. The van der Waals surface area contributed by atoms with Gasteiger partial charge in [0, 0.05) is 11.8 Å². The molecular formula is C22H16F4N4O3. The number of ether oxygens (including phenoxy) is 1. The van der Waals surface area contributed by atoms with Crippen LogP contribution in [-0.4, -0.2) is 17.6 Å². The Morgan fingerprint density at radius 1 is 1.06 bits per heavy atom. The Labute approximate surface area is 184 Å². The number of rotatable bonds is 4. The number of carbonyl (C=O) groups is 1. The van der Waals surface area contributed by atoms with Crippen LogP contribution < -0.4 is 21.1 Å². The first-order chi connectivity index (χ1) is 15.6. The van der Waals surface area contributed by atoms with Gasteiger partial charge in [0.05, 0.1) is 11.1 Å². The van der Waals surface area contributed by atoms with Gasteiger partial charge in [0.1, 0.15) is 11.6 Å². The Balaban J connectivity index is 1.55. The molecule has 0 aliphatic rings. The molecule has 0 fully saturated rings. The largest absolute Gasteiger partial charge is 0.573 e. The van der Waals surface area contributed by atoms with Crippen LogP contribution in [0.5, 0.6) is 5.75 Å². The van der Waals surface area contributed by atoms with Crippen LogP contribution in [0.3, 0.4) is 0 Å². The topological polar surface area (TPSA) is 102 Å². The lowest BCUT2D eigenvalue weighted by Gasteiger charge is -2.14. The summed E-state index contributed by atoms with van der Waals surface area (Å²) >= 11 is 0. The summed E-state index contributed by atoms with van der Waals surface area (Å²) in [7, 11) is 0. The number of hydrogen-bond acceptors (Lipinski definition) is 5. The first-order valence-electron chi connectivity index (χ1n) is 9.49.